The summed E-state index contributed by atoms with van der Waals surface area (Å²) in [5.41, 5.74) is 0.748. The minimum absolute atomic E-state index is 0.177. The van der Waals surface area contributed by atoms with Gasteiger partial charge in [-0.3, -0.25) is 0 Å². The van der Waals surface area contributed by atoms with E-state index in [9.17, 15) is 8.42 Å². The molecule has 0 heterocycles. The van der Waals surface area contributed by atoms with Crippen molar-refractivity contribution in [1.82, 2.24) is 0 Å². The lowest BCUT2D eigenvalue weighted by Crippen LogP contribution is -2.43. The largest absolute Gasteiger partial charge is 0.227 e. The third kappa shape index (κ3) is 2.30. The minimum atomic E-state index is -3.40. The molecule has 0 unspecified atom stereocenters. The number of benzene rings is 1. The molecular weight excluding hydrogens is 244 g/mol. The van der Waals surface area contributed by atoms with Gasteiger partial charge in [-0.25, -0.2) is 8.42 Å². The Balaban J connectivity index is 3.49. The summed E-state index contributed by atoms with van der Waals surface area (Å²) >= 11 is 0. The van der Waals surface area contributed by atoms with Gasteiger partial charge in [0, 0.05) is 6.42 Å². The summed E-state index contributed by atoms with van der Waals surface area (Å²) < 4.78 is 23.7. The Morgan fingerprint density at radius 3 is 2.00 bits per heavy atom. The van der Waals surface area contributed by atoms with E-state index < -0.39 is 19.3 Å². The summed E-state index contributed by atoms with van der Waals surface area (Å²) in [5.74, 6) is 2.51. The van der Waals surface area contributed by atoms with Gasteiger partial charge in [-0.2, -0.15) is 0 Å². The number of hydrogen-bond acceptors (Lipinski definition) is 2. The van der Waals surface area contributed by atoms with Gasteiger partial charge in [0.15, 0.2) is 9.84 Å². The second kappa shape index (κ2) is 4.78. The molecule has 0 spiro atoms. The molecule has 0 N–H and O–H groups in total. The molecule has 2 nitrogen and oxygen atoms in total. The molecule has 3 heteroatoms. The van der Waals surface area contributed by atoms with Crippen LogP contribution in [0.1, 0.15) is 39.7 Å². The Labute approximate surface area is 110 Å². The molecule has 18 heavy (non-hydrogen) atoms. The molecular formula is C15H20O2S. The first-order valence-electron chi connectivity index (χ1n) is 5.90. The smallest absolute Gasteiger partial charge is 0.165 e. The first kappa shape index (κ1) is 14.8. The van der Waals surface area contributed by atoms with Crippen LogP contribution in [0.15, 0.2) is 30.3 Å². The van der Waals surface area contributed by atoms with Gasteiger partial charge in [0.25, 0.3) is 0 Å². The van der Waals surface area contributed by atoms with Crippen LogP contribution >= 0.6 is 0 Å². The normalized spacial score (nSPS) is 15.7. The standard InChI is InChI=1S/C15H20O2S/c1-6-12-15(5,13-10-8-7-9-11-13)18(16,17)14(2,3)4/h1,7-11H,12H2,2-5H3/t15-/m1/s1. The van der Waals surface area contributed by atoms with Gasteiger partial charge in [-0.05, 0) is 33.3 Å². The summed E-state index contributed by atoms with van der Waals surface area (Å²) in [5, 5.41) is 0. The van der Waals surface area contributed by atoms with Crippen LogP contribution in [-0.2, 0) is 14.6 Å². The van der Waals surface area contributed by atoms with E-state index in [4.69, 9.17) is 6.42 Å². The molecule has 0 aliphatic heterocycles. The molecule has 0 radical (unpaired) electrons. The maximum absolute atomic E-state index is 12.8. The van der Waals surface area contributed by atoms with Crippen molar-refractivity contribution in [3.8, 4) is 12.3 Å². The van der Waals surface area contributed by atoms with Crippen molar-refractivity contribution in [1.29, 1.82) is 0 Å². The van der Waals surface area contributed by atoms with Gasteiger partial charge in [0.05, 0.1) is 4.75 Å². The maximum Gasteiger partial charge on any atom is 0.165 e. The molecule has 0 aliphatic carbocycles. The van der Waals surface area contributed by atoms with Crippen molar-refractivity contribution in [2.24, 2.45) is 0 Å². The van der Waals surface area contributed by atoms with Crippen LogP contribution in [-0.4, -0.2) is 13.2 Å². The van der Waals surface area contributed by atoms with Crippen LogP contribution in [0.3, 0.4) is 0 Å². The number of rotatable bonds is 3. The van der Waals surface area contributed by atoms with Crippen molar-refractivity contribution in [2.75, 3.05) is 0 Å². The Hall–Kier alpha value is -1.27. The Morgan fingerprint density at radius 2 is 1.61 bits per heavy atom. The van der Waals surface area contributed by atoms with Gasteiger partial charge in [0.2, 0.25) is 0 Å². The Bertz CT molecular complexity index is 544. The lowest BCUT2D eigenvalue weighted by molar-refractivity contribution is 0.509. The average molecular weight is 264 g/mol. The molecule has 1 aromatic rings. The maximum atomic E-state index is 12.8. The summed E-state index contributed by atoms with van der Waals surface area (Å²) in [6.07, 6.45) is 5.55. The van der Waals surface area contributed by atoms with Crippen LogP contribution in [0, 0.1) is 12.3 Å². The quantitative estimate of drug-likeness (QED) is 0.786. The van der Waals surface area contributed by atoms with Crippen LogP contribution < -0.4 is 0 Å². The lowest BCUT2D eigenvalue weighted by atomic mass is 9.97. The molecule has 0 amide bonds. The molecule has 0 aromatic heterocycles. The van der Waals surface area contributed by atoms with Crippen LogP contribution in [0.5, 0.6) is 0 Å². The summed E-state index contributed by atoms with van der Waals surface area (Å²) in [6.45, 7) is 6.84. The Morgan fingerprint density at radius 1 is 1.11 bits per heavy atom. The van der Waals surface area contributed by atoms with Crippen molar-refractivity contribution in [2.45, 2.75) is 43.6 Å². The van der Waals surface area contributed by atoms with Crippen molar-refractivity contribution < 1.29 is 8.42 Å². The molecule has 0 saturated carbocycles. The van der Waals surface area contributed by atoms with E-state index in [1.807, 2.05) is 30.3 Å². The highest BCUT2D eigenvalue weighted by Gasteiger charge is 2.47. The summed E-state index contributed by atoms with van der Waals surface area (Å²) in [4.78, 5) is 0. The first-order valence-corrected chi connectivity index (χ1v) is 7.38. The monoisotopic (exact) mass is 264 g/mol. The van der Waals surface area contributed by atoms with Gasteiger partial charge in [0.1, 0.15) is 4.75 Å². The molecule has 98 valence electrons. The zero-order chi connectivity index (χ0) is 14.0. The van der Waals surface area contributed by atoms with E-state index in [1.165, 1.54) is 0 Å². The fourth-order valence-corrected chi connectivity index (χ4v) is 4.08. The zero-order valence-corrected chi connectivity index (χ0v) is 12.2. The topological polar surface area (TPSA) is 34.1 Å². The summed E-state index contributed by atoms with van der Waals surface area (Å²) in [7, 11) is -3.40. The van der Waals surface area contributed by atoms with E-state index >= 15 is 0 Å². The third-order valence-corrected chi connectivity index (χ3v) is 6.40. The molecule has 1 aromatic carbocycles. The zero-order valence-electron chi connectivity index (χ0n) is 11.4. The SMILES string of the molecule is C#CC[C@](C)(c1ccccc1)S(=O)(=O)C(C)(C)C. The molecule has 1 atom stereocenters. The Kier molecular flexibility index (Phi) is 3.92. The predicted octanol–water partition coefficient (Wildman–Crippen LogP) is 3.14. The van der Waals surface area contributed by atoms with E-state index in [0.717, 1.165) is 5.56 Å². The van der Waals surface area contributed by atoms with Gasteiger partial charge >= 0.3 is 0 Å². The van der Waals surface area contributed by atoms with Crippen LogP contribution in [0.2, 0.25) is 0 Å². The number of terminal acetylenes is 1. The molecule has 0 bridgehead atoms. The van der Waals surface area contributed by atoms with E-state index in [-0.39, 0.29) is 6.42 Å². The molecule has 0 fully saturated rings. The predicted molar refractivity (Wildman–Crippen MR) is 75.9 cm³/mol. The van der Waals surface area contributed by atoms with Crippen LogP contribution in [0.4, 0.5) is 0 Å². The van der Waals surface area contributed by atoms with Crippen molar-refractivity contribution in [3.05, 3.63) is 35.9 Å². The molecule has 0 saturated heterocycles. The van der Waals surface area contributed by atoms with E-state index in [1.54, 1.807) is 27.7 Å². The van der Waals surface area contributed by atoms with Gasteiger partial charge in [-0.1, -0.05) is 30.3 Å². The fourth-order valence-electron chi connectivity index (χ4n) is 2.01. The third-order valence-electron chi connectivity index (χ3n) is 3.22. The number of hydrogen-bond donors (Lipinski definition) is 0. The highest BCUT2D eigenvalue weighted by molar-refractivity contribution is 7.93. The highest BCUT2D eigenvalue weighted by Crippen LogP contribution is 2.39. The first-order chi connectivity index (χ1) is 8.17. The number of sulfone groups is 1. The van der Waals surface area contributed by atoms with Crippen molar-refractivity contribution >= 4 is 9.84 Å². The second-order valence-corrected chi connectivity index (χ2v) is 8.73. The van der Waals surface area contributed by atoms with Crippen LogP contribution in [0.25, 0.3) is 0 Å². The fraction of sp³-hybridized carbons (Fsp3) is 0.467. The highest BCUT2D eigenvalue weighted by atomic mass is 32.2. The summed E-state index contributed by atoms with van der Waals surface area (Å²) in [6, 6.07) is 9.18. The van der Waals surface area contributed by atoms with E-state index in [0.29, 0.717) is 0 Å². The van der Waals surface area contributed by atoms with Gasteiger partial charge < -0.3 is 0 Å². The lowest BCUT2D eigenvalue weighted by Gasteiger charge is -2.35. The molecule has 0 aliphatic rings. The average Bonchev–Trinajstić information content (AvgIpc) is 2.28. The van der Waals surface area contributed by atoms with Crippen molar-refractivity contribution in [3.63, 3.8) is 0 Å². The van der Waals surface area contributed by atoms with Gasteiger partial charge in [-0.15, -0.1) is 12.3 Å². The minimum Gasteiger partial charge on any atom is -0.227 e. The second-order valence-electron chi connectivity index (χ2n) is 5.59. The van der Waals surface area contributed by atoms with E-state index in [2.05, 4.69) is 5.92 Å². The molecule has 1 rings (SSSR count).